The second-order valence-corrected chi connectivity index (χ2v) is 9.41. The van der Waals surface area contributed by atoms with Crippen LogP contribution < -0.4 is 11.1 Å². The number of likely N-dealkylation sites (tertiary alicyclic amines) is 1. The van der Waals surface area contributed by atoms with Crippen LogP contribution in [0.15, 0.2) is 4.42 Å². The first kappa shape index (κ1) is 25.4. The van der Waals surface area contributed by atoms with E-state index in [4.69, 9.17) is 10.2 Å². The van der Waals surface area contributed by atoms with Gasteiger partial charge >= 0.3 is 0 Å². The van der Waals surface area contributed by atoms with Crippen molar-refractivity contribution in [3.63, 3.8) is 0 Å². The van der Waals surface area contributed by atoms with Gasteiger partial charge in [-0.25, -0.2) is 4.98 Å². The van der Waals surface area contributed by atoms with Crippen molar-refractivity contribution >= 4 is 30.7 Å². The van der Waals surface area contributed by atoms with Crippen LogP contribution in [0.3, 0.4) is 0 Å². The van der Waals surface area contributed by atoms with Gasteiger partial charge in [-0.3, -0.25) is 9.69 Å². The third kappa shape index (κ3) is 5.90. The van der Waals surface area contributed by atoms with Crippen molar-refractivity contribution in [3.05, 3.63) is 17.3 Å². The summed E-state index contributed by atoms with van der Waals surface area (Å²) in [6.07, 6.45) is 7.96. The number of hydrogen-bond donors (Lipinski definition) is 2. The van der Waals surface area contributed by atoms with Gasteiger partial charge in [0.2, 0.25) is 11.8 Å². The molecule has 1 aromatic heterocycles. The Balaban J connectivity index is 0.00000160. The van der Waals surface area contributed by atoms with Crippen molar-refractivity contribution in [2.24, 2.45) is 29.4 Å². The highest BCUT2D eigenvalue weighted by atomic mass is 35.5. The number of aromatic nitrogens is 1. The first-order valence-corrected chi connectivity index (χ1v) is 11.2. The van der Waals surface area contributed by atoms with Crippen LogP contribution in [-0.2, 0) is 11.3 Å². The highest BCUT2D eigenvalue weighted by Crippen LogP contribution is 2.41. The van der Waals surface area contributed by atoms with Crippen molar-refractivity contribution in [2.75, 3.05) is 19.6 Å². The second kappa shape index (κ2) is 11.2. The molecule has 1 aromatic rings. The molecule has 1 amide bonds. The lowest BCUT2D eigenvalue weighted by atomic mass is 9.65. The summed E-state index contributed by atoms with van der Waals surface area (Å²) in [5, 5.41) is 3.27. The van der Waals surface area contributed by atoms with Crippen LogP contribution in [0, 0.1) is 37.5 Å². The third-order valence-corrected chi connectivity index (χ3v) is 7.49. The summed E-state index contributed by atoms with van der Waals surface area (Å²) >= 11 is 0. The number of nitrogens with one attached hydrogen (secondary N) is 1. The van der Waals surface area contributed by atoms with Gasteiger partial charge in [-0.2, -0.15) is 0 Å². The smallest absolute Gasteiger partial charge is 0.223 e. The molecule has 0 aromatic carbocycles. The van der Waals surface area contributed by atoms with Crippen LogP contribution in [-0.4, -0.2) is 41.5 Å². The summed E-state index contributed by atoms with van der Waals surface area (Å²) in [7, 11) is 0. The van der Waals surface area contributed by atoms with Crippen LogP contribution in [0.1, 0.15) is 62.3 Å². The van der Waals surface area contributed by atoms with Crippen LogP contribution in [0.4, 0.5) is 0 Å². The highest BCUT2D eigenvalue weighted by molar-refractivity contribution is 5.85. The zero-order valence-corrected chi connectivity index (χ0v) is 19.9. The molecule has 3 N–H and O–H groups in total. The van der Waals surface area contributed by atoms with Crippen LogP contribution in [0.5, 0.6) is 0 Å². The number of fused-ring (bicyclic) bond motifs is 2. The molecule has 2 heterocycles. The molecule has 8 heteroatoms. The fourth-order valence-corrected chi connectivity index (χ4v) is 5.54. The standard InChI is InChI=1S/C22H36N4O2.2ClH/c1-14-15(2)28-20(25-14)13-26-8-6-16(7-9-26)12-24-22(27)19-10-17-4-3-5-18(11-19)21(17)23;;/h16-19,21H,3-13,23H2,1-2H3,(H,24,27);2*1H. The van der Waals surface area contributed by atoms with Gasteiger partial charge in [0.15, 0.2) is 0 Å². The van der Waals surface area contributed by atoms with Gasteiger partial charge < -0.3 is 15.5 Å². The van der Waals surface area contributed by atoms with E-state index in [2.05, 4.69) is 15.2 Å². The summed E-state index contributed by atoms with van der Waals surface area (Å²) in [6, 6.07) is 0.332. The molecule has 2 bridgehead atoms. The Morgan fingerprint density at radius 3 is 2.33 bits per heavy atom. The first-order valence-electron chi connectivity index (χ1n) is 11.2. The lowest BCUT2D eigenvalue weighted by molar-refractivity contribution is -0.128. The minimum Gasteiger partial charge on any atom is -0.444 e. The van der Waals surface area contributed by atoms with Crippen LogP contribution in [0.25, 0.3) is 0 Å². The van der Waals surface area contributed by atoms with Gasteiger partial charge in [-0.15, -0.1) is 24.8 Å². The highest BCUT2D eigenvalue weighted by Gasteiger charge is 2.40. The van der Waals surface area contributed by atoms with Crippen LogP contribution in [0.2, 0.25) is 0 Å². The number of nitrogens with two attached hydrogens (primary N) is 1. The number of halogens is 2. The zero-order chi connectivity index (χ0) is 19.7. The van der Waals surface area contributed by atoms with Gasteiger partial charge in [0.25, 0.3) is 0 Å². The molecule has 2 unspecified atom stereocenters. The molecule has 30 heavy (non-hydrogen) atoms. The minimum absolute atomic E-state index is 0. The Labute approximate surface area is 192 Å². The zero-order valence-electron chi connectivity index (χ0n) is 18.3. The second-order valence-electron chi connectivity index (χ2n) is 9.41. The first-order chi connectivity index (χ1) is 13.5. The van der Waals surface area contributed by atoms with Crippen molar-refractivity contribution in [2.45, 2.75) is 71.4 Å². The Morgan fingerprint density at radius 1 is 1.13 bits per heavy atom. The summed E-state index contributed by atoms with van der Waals surface area (Å²) in [5.74, 6) is 3.91. The number of carbonyl (C=O) groups is 1. The molecule has 2 saturated carbocycles. The number of carbonyl (C=O) groups excluding carboxylic acids is 1. The Kier molecular flexibility index (Phi) is 9.47. The molecule has 2 aliphatic carbocycles. The Hall–Kier alpha value is -0.820. The molecule has 0 spiro atoms. The number of hydrogen-bond acceptors (Lipinski definition) is 5. The quantitative estimate of drug-likeness (QED) is 0.700. The van der Waals surface area contributed by atoms with Gasteiger partial charge in [-0.1, -0.05) is 6.42 Å². The lowest BCUT2D eigenvalue weighted by Crippen LogP contribution is -2.49. The summed E-state index contributed by atoms with van der Waals surface area (Å²) in [5.41, 5.74) is 7.35. The van der Waals surface area contributed by atoms with E-state index in [1.807, 2.05) is 13.8 Å². The molecular weight excluding hydrogens is 423 g/mol. The summed E-state index contributed by atoms with van der Waals surface area (Å²) in [4.78, 5) is 19.6. The number of nitrogens with zero attached hydrogens (tertiary/aromatic N) is 2. The maximum absolute atomic E-state index is 12.7. The van der Waals surface area contributed by atoms with Crippen molar-refractivity contribution in [1.29, 1.82) is 0 Å². The molecule has 0 radical (unpaired) electrons. The van der Waals surface area contributed by atoms with E-state index in [-0.39, 0.29) is 36.6 Å². The number of piperidine rings is 1. The lowest BCUT2D eigenvalue weighted by Gasteiger charge is -2.43. The molecule has 4 rings (SSSR count). The number of rotatable bonds is 5. The predicted octanol–water partition coefficient (Wildman–Crippen LogP) is 3.62. The normalized spacial score (nSPS) is 29.6. The van der Waals surface area contributed by atoms with Crippen molar-refractivity contribution in [1.82, 2.24) is 15.2 Å². The molecule has 1 aliphatic heterocycles. The van der Waals surface area contributed by atoms with Gasteiger partial charge in [-0.05, 0) is 83.2 Å². The van der Waals surface area contributed by atoms with Gasteiger partial charge in [0, 0.05) is 18.5 Å². The van der Waals surface area contributed by atoms with E-state index in [0.717, 1.165) is 69.2 Å². The number of oxazole rings is 1. The largest absolute Gasteiger partial charge is 0.444 e. The molecule has 1 saturated heterocycles. The molecule has 172 valence electrons. The number of aryl methyl sites for hydroxylation is 2. The summed E-state index contributed by atoms with van der Waals surface area (Å²) < 4.78 is 5.71. The maximum Gasteiger partial charge on any atom is 0.223 e. The van der Waals surface area contributed by atoms with E-state index >= 15 is 0 Å². The maximum atomic E-state index is 12.7. The minimum atomic E-state index is 0. The SMILES string of the molecule is Cc1nc(CN2CCC(CNC(=O)C3CC4CCCC(C3)C4N)CC2)oc1C.Cl.Cl. The molecule has 6 nitrogen and oxygen atoms in total. The van der Waals surface area contributed by atoms with E-state index in [1.54, 1.807) is 0 Å². The average molecular weight is 461 g/mol. The van der Waals surface area contributed by atoms with E-state index in [9.17, 15) is 4.79 Å². The average Bonchev–Trinajstić information content (AvgIpc) is 2.98. The third-order valence-electron chi connectivity index (χ3n) is 7.49. The van der Waals surface area contributed by atoms with Crippen LogP contribution >= 0.6 is 24.8 Å². The summed E-state index contributed by atoms with van der Waals surface area (Å²) in [6.45, 7) is 7.66. The van der Waals surface area contributed by atoms with Crippen molar-refractivity contribution in [3.8, 4) is 0 Å². The van der Waals surface area contributed by atoms with Gasteiger partial charge in [0.05, 0.1) is 12.2 Å². The molecule has 3 fully saturated rings. The van der Waals surface area contributed by atoms with E-state index in [1.165, 1.54) is 19.3 Å². The van der Waals surface area contributed by atoms with E-state index < -0.39 is 0 Å². The molecular formula is C22H38Cl2N4O2. The predicted molar refractivity (Wildman–Crippen MR) is 123 cm³/mol. The molecule has 2 atom stereocenters. The Bertz CT molecular complexity index is 657. The monoisotopic (exact) mass is 460 g/mol. The van der Waals surface area contributed by atoms with Gasteiger partial charge in [0.1, 0.15) is 5.76 Å². The topological polar surface area (TPSA) is 84.4 Å². The number of amides is 1. The Morgan fingerprint density at radius 2 is 1.77 bits per heavy atom. The van der Waals surface area contributed by atoms with E-state index in [0.29, 0.717) is 23.8 Å². The fraction of sp³-hybridized carbons (Fsp3) is 0.818. The van der Waals surface area contributed by atoms with Crippen molar-refractivity contribution < 1.29 is 9.21 Å². The molecule has 3 aliphatic rings. The fourth-order valence-electron chi connectivity index (χ4n) is 5.54.